The molecule has 3 aromatic heterocycles. The highest BCUT2D eigenvalue weighted by Crippen LogP contribution is 2.30. The first kappa shape index (κ1) is 25.2. The molecule has 0 bridgehead atoms. The van der Waals surface area contributed by atoms with Crippen molar-refractivity contribution in [1.82, 2.24) is 25.3 Å². The molecule has 0 fully saturated rings. The maximum Gasteiger partial charge on any atom is 0.433 e. The molecule has 0 aliphatic rings. The second-order valence-electron chi connectivity index (χ2n) is 7.87. The summed E-state index contributed by atoms with van der Waals surface area (Å²) >= 11 is 0. The van der Waals surface area contributed by atoms with Gasteiger partial charge in [0.05, 0.1) is 17.6 Å². The number of alkyl halides is 3. The fraction of sp³-hybridized carbons (Fsp3) is 0.120. The third kappa shape index (κ3) is 6.04. The maximum atomic E-state index is 12.7. The second kappa shape index (κ2) is 10.4. The molecule has 0 aliphatic heterocycles. The standard InChI is InChI=1S/C25H20F3N7O2/c1-14-3-4-17(34-24(37)35-18-5-6-22(31-12-18)25(26,27)28)8-19(14)15-7-16(11-30-10-15)20-9-21(23(36)29-2)33-13-32-20/h3-13H,1-2H3,(H,29,36)(H2,34,35,37). The lowest BCUT2D eigenvalue weighted by Crippen LogP contribution is -2.20. The van der Waals surface area contributed by atoms with E-state index in [1.807, 2.05) is 19.1 Å². The van der Waals surface area contributed by atoms with Gasteiger partial charge in [-0.05, 0) is 54.4 Å². The summed E-state index contributed by atoms with van der Waals surface area (Å²) in [4.78, 5) is 40.2. The van der Waals surface area contributed by atoms with Crippen molar-refractivity contribution in [3.63, 3.8) is 0 Å². The molecule has 3 heterocycles. The molecular weight excluding hydrogens is 487 g/mol. The number of aryl methyl sites for hydroxylation is 1. The van der Waals surface area contributed by atoms with Crippen LogP contribution in [0, 0.1) is 6.92 Å². The molecule has 0 atom stereocenters. The summed E-state index contributed by atoms with van der Waals surface area (Å²) in [6.07, 6.45) is 0.938. The van der Waals surface area contributed by atoms with Crippen LogP contribution in [0.3, 0.4) is 0 Å². The number of rotatable bonds is 5. The van der Waals surface area contributed by atoms with Gasteiger partial charge in [-0.2, -0.15) is 13.2 Å². The first-order valence-corrected chi connectivity index (χ1v) is 10.9. The van der Waals surface area contributed by atoms with Crippen molar-refractivity contribution in [2.75, 3.05) is 17.7 Å². The van der Waals surface area contributed by atoms with Crippen molar-refractivity contribution < 1.29 is 22.8 Å². The smallest absolute Gasteiger partial charge is 0.354 e. The van der Waals surface area contributed by atoms with E-state index in [0.717, 1.165) is 35.0 Å². The van der Waals surface area contributed by atoms with E-state index in [4.69, 9.17) is 0 Å². The molecule has 4 rings (SSSR count). The molecule has 0 saturated carbocycles. The van der Waals surface area contributed by atoms with Gasteiger partial charge < -0.3 is 16.0 Å². The summed E-state index contributed by atoms with van der Waals surface area (Å²) in [7, 11) is 1.51. The lowest BCUT2D eigenvalue weighted by Gasteiger charge is -2.12. The summed E-state index contributed by atoms with van der Waals surface area (Å²) < 4.78 is 38.0. The van der Waals surface area contributed by atoms with E-state index in [9.17, 15) is 22.8 Å². The number of benzene rings is 1. The fourth-order valence-corrected chi connectivity index (χ4v) is 3.43. The van der Waals surface area contributed by atoms with Gasteiger partial charge in [0, 0.05) is 36.3 Å². The number of hydrogen-bond acceptors (Lipinski definition) is 6. The fourth-order valence-electron chi connectivity index (χ4n) is 3.43. The van der Waals surface area contributed by atoms with Crippen LogP contribution in [0.4, 0.5) is 29.3 Å². The monoisotopic (exact) mass is 507 g/mol. The number of carbonyl (C=O) groups excluding carboxylic acids is 2. The van der Waals surface area contributed by atoms with Gasteiger partial charge in [0.25, 0.3) is 5.91 Å². The molecule has 3 N–H and O–H groups in total. The number of pyridine rings is 2. The van der Waals surface area contributed by atoms with Crippen molar-refractivity contribution in [3.05, 3.63) is 84.3 Å². The molecular formula is C25H20F3N7O2. The van der Waals surface area contributed by atoms with E-state index in [1.54, 1.807) is 30.6 Å². The quantitative estimate of drug-likeness (QED) is 0.352. The van der Waals surface area contributed by atoms with Gasteiger partial charge in [0.1, 0.15) is 17.7 Å². The average molecular weight is 507 g/mol. The van der Waals surface area contributed by atoms with Gasteiger partial charge in [-0.25, -0.2) is 19.7 Å². The van der Waals surface area contributed by atoms with Crippen LogP contribution in [-0.4, -0.2) is 38.9 Å². The highest BCUT2D eigenvalue weighted by molar-refractivity contribution is 6.00. The van der Waals surface area contributed by atoms with Gasteiger partial charge in [-0.15, -0.1) is 0 Å². The van der Waals surface area contributed by atoms with E-state index in [-0.39, 0.29) is 17.3 Å². The van der Waals surface area contributed by atoms with Crippen LogP contribution in [0.25, 0.3) is 22.4 Å². The Kier molecular flexibility index (Phi) is 7.09. The summed E-state index contributed by atoms with van der Waals surface area (Å²) in [6, 6.07) is 9.92. The van der Waals surface area contributed by atoms with Crippen LogP contribution < -0.4 is 16.0 Å². The zero-order valence-corrected chi connectivity index (χ0v) is 19.6. The Morgan fingerprint density at radius 2 is 1.57 bits per heavy atom. The number of halogens is 3. The third-order valence-electron chi connectivity index (χ3n) is 5.28. The number of hydrogen-bond donors (Lipinski definition) is 3. The normalized spacial score (nSPS) is 11.1. The molecule has 4 aromatic rings. The molecule has 1 aromatic carbocycles. The lowest BCUT2D eigenvalue weighted by molar-refractivity contribution is -0.141. The molecule has 12 heteroatoms. The summed E-state index contributed by atoms with van der Waals surface area (Å²) in [5.74, 6) is -0.340. The highest BCUT2D eigenvalue weighted by atomic mass is 19.4. The SMILES string of the molecule is CNC(=O)c1cc(-c2cncc(-c3cc(NC(=O)Nc4ccc(C(F)(F)F)nc4)ccc3C)c2)ncn1. The molecule has 3 amide bonds. The molecule has 0 aliphatic carbocycles. The number of carbonyl (C=O) groups is 2. The van der Waals surface area contributed by atoms with Crippen molar-refractivity contribution in [1.29, 1.82) is 0 Å². The summed E-state index contributed by atoms with van der Waals surface area (Å²) in [5.41, 5.74) is 3.33. The van der Waals surface area contributed by atoms with Crippen molar-refractivity contribution >= 4 is 23.3 Å². The Labute approximate surface area is 209 Å². The number of anilines is 2. The van der Waals surface area contributed by atoms with Crippen molar-refractivity contribution in [3.8, 4) is 22.4 Å². The third-order valence-corrected chi connectivity index (χ3v) is 5.28. The van der Waals surface area contributed by atoms with Crippen LogP contribution in [0.2, 0.25) is 0 Å². The van der Waals surface area contributed by atoms with Crippen LogP contribution >= 0.6 is 0 Å². The number of amides is 3. The Hall–Kier alpha value is -4.87. The molecule has 9 nitrogen and oxygen atoms in total. The van der Waals surface area contributed by atoms with Crippen LogP contribution in [0.5, 0.6) is 0 Å². The Morgan fingerprint density at radius 1 is 0.838 bits per heavy atom. The molecule has 0 spiro atoms. The first-order valence-electron chi connectivity index (χ1n) is 10.9. The van der Waals surface area contributed by atoms with Gasteiger partial charge >= 0.3 is 12.2 Å². The Bertz CT molecular complexity index is 1460. The highest BCUT2D eigenvalue weighted by Gasteiger charge is 2.32. The minimum absolute atomic E-state index is 0.107. The van der Waals surface area contributed by atoms with Crippen LogP contribution in [-0.2, 0) is 6.18 Å². The topological polar surface area (TPSA) is 122 Å². The summed E-state index contributed by atoms with van der Waals surface area (Å²) in [6.45, 7) is 1.90. The molecule has 0 unspecified atom stereocenters. The molecule has 0 saturated heterocycles. The zero-order valence-electron chi connectivity index (χ0n) is 19.6. The lowest BCUT2D eigenvalue weighted by atomic mass is 9.99. The van der Waals surface area contributed by atoms with E-state index in [0.29, 0.717) is 16.9 Å². The second-order valence-corrected chi connectivity index (χ2v) is 7.87. The van der Waals surface area contributed by atoms with Crippen molar-refractivity contribution in [2.45, 2.75) is 13.1 Å². The van der Waals surface area contributed by atoms with Crippen LogP contribution in [0.1, 0.15) is 21.7 Å². The molecule has 188 valence electrons. The number of nitrogens with one attached hydrogen (secondary N) is 3. The maximum absolute atomic E-state index is 12.7. The van der Waals surface area contributed by atoms with E-state index >= 15 is 0 Å². The van der Waals surface area contributed by atoms with Gasteiger partial charge in [0.15, 0.2) is 0 Å². The Morgan fingerprint density at radius 3 is 2.27 bits per heavy atom. The molecule has 37 heavy (non-hydrogen) atoms. The first-order chi connectivity index (χ1) is 17.6. The van der Waals surface area contributed by atoms with E-state index in [1.165, 1.54) is 13.4 Å². The van der Waals surface area contributed by atoms with Crippen molar-refractivity contribution in [2.24, 2.45) is 0 Å². The van der Waals surface area contributed by atoms with Gasteiger partial charge in [-0.1, -0.05) is 6.07 Å². The van der Waals surface area contributed by atoms with Crippen LogP contribution in [0.15, 0.2) is 67.4 Å². The number of nitrogens with zero attached hydrogens (tertiary/aromatic N) is 4. The van der Waals surface area contributed by atoms with E-state index in [2.05, 4.69) is 35.9 Å². The zero-order chi connectivity index (χ0) is 26.6. The largest absolute Gasteiger partial charge is 0.433 e. The average Bonchev–Trinajstić information content (AvgIpc) is 2.89. The van der Waals surface area contributed by atoms with Gasteiger partial charge in [0.2, 0.25) is 0 Å². The van der Waals surface area contributed by atoms with E-state index < -0.39 is 17.9 Å². The minimum Gasteiger partial charge on any atom is -0.354 e. The predicted molar refractivity (Wildman–Crippen MR) is 131 cm³/mol. The minimum atomic E-state index is -4.56. The Balaban J connectivity index is 1.54. The number of aromatic nitrogens is 4. The van der Waals surface area contributed by atoms with Gasteiger partial charge in [-0.3, -0.25) is 9.78 Å². The summed E-state index contributed by atoms with van der Waals surface area (Å²) in [5, 5.41) is 7.63. The molecule has 0 radical (unpaired) electrons. The number of urea groups is 1. The predicted octanol–water partition coefficient (Wildman–Crippen LogP) is 4.93.